The summed E-state index contributed by atoms with van der Waals surface area (Å²) in [5.74, 6) is -0.00574. The van der Waals surface area contributed by atoms with Crippen molar-refractivity contribution in [3.05, 3.63) is 33.1 Å². The van der Waals surface area contributed by atoms with E-state index in [1.54, 1.807) is 4.90 Å². The lowest BCUT2D eigenvalue weighted by Gasteiger charge is -2.39. The Hall–Kier alpha value is -1.93. The normalized spacial score (nSPS) is 25.1. The van der Waals surface area contributed by atoms with E-state index in [0.717, 1.165) is 32.4 Å². The van der Waals surface area contributed by atoms with Gasteiger partial charge in [-0.15, -0.1) is 0 Å². The lowest BCUT2D eigenvalue weighted by molar-refractivity contribution is -0.133. The highest BCUT2D eigenvalue weighted by Crippen LogP contribution is 2.25. The monoisotopic (exact) mass is 336 g/mol. The fraction of sp³-hybridized carbons (Fsp3) is 0.688. The van der Waals surface area contributed by atoms with Gasteiger partial charge in [0.05, 0.1) is 6.10 Å². The number of aliphatic hydroxyl groups is 1. The minimum atomic E-state index is -0.673. The van der Waals surface area contributed by atoms with Crippen molar-refractivity contribution in [1.29, 1.82) is 0 Å². The van der Waals surface area contributed by atoms with Gasteiger partial charge in [-0.3, -0.25) is 19.3 Å². The summed E-state index contributed by atoms with van der Waals surface area (Å²) in [7, 11) is 0. The number of aliphatic hydroxyl groups excluding tert-OH is 1. The Kier molecular flexibility index (Phi) is 5.15. The standard InChI is InChI=1S/C16H24N4O4/c21-13-3-1-2-12(13)18-8-10-19(11-9-18)14(22)4-6-20-7-5-17-15(23)16(20)24/h5,7,12-13,21H,1-4,6,8-11H2,(H,17,23)/t12-,13+/m0/s1. The van der Waals surface area contributed by atoms with Crippen molar-refractivity contribution in [2.75, 3.05) is 26.2 Å². The van der Waals surface area contributed by atoms with E-state index < -0.39 is 11.1 Å². The number of aromatic nitrogens is 2. The number of carbonyl (C=O) groups excluding carboxylic acids is 1. The maximum absolute atomic E-state index is 12.3. The Morgan fingerprint density at radius 2 is 1.96 bits per heavy atom. The molecule has 1 aliphatic heterocycles. The molecule has 2 atom stereocenters. The lowest BCUT2D eigenvalue weighted by atomic mass is 10.1. The molecule has 24 heavy (non-hydrogen) atoms. The predicted molar refractivity (Wildman–Crippen MR) is 87.7 cm³/mol. The molecule has 0 unspecified atom stereocenters. The second kappa shape index (κ2) is 7.31. The van der Waals surface area contributed by atoms with Gasteiger partial charge in [0, 0.05) is 57.6 Å². The van der Waals surface area contributed by atoms with Crippen molar-refractivity contribution in [3.8, 4) is 0 Å². The third kappa shape index (κ3) is 3.59. The Labute approximate surface area is 139 Å². The minimum absolute atomic E-state index is 0.00574. The van der Waals surface area contributed by atoms with Gasteiger partial charge >= 0.3 is 11.1 Å². The molecule has 2 aliphatic rings. The summed E-state index contributed by atoms with van der Waals surface area (Å²) >= 11 is 0. The van der Waals surface area contributed by atoms with Crippen LogP contribution in [-0.4, -0.2) is 68.7 Å². The number of aromatic amines is 1. The van der Waals surface area contributed by atoms with Crippen molar-refractivity contribution in [2.24, 2.45) is 0 Å². The molecule has 0 radical (unpaired) electrons. The van der Waals surface area contributed by atoms with Gasteiger partial charge in [-0.05, 0) is 19.3 Å². The topological polar surface area (TPSA) is 98.6 Å². The maximum atomic E-state index is 12.3. The quantitative estimate of drug-likeness (QED) is 0.686. The molecule has 132 valence electrons. The molecule has 8 nitrogen and oxygen atoms in total. The molecule has 8 heteroatoms. The van der Waals surface area contributed by atoms with Crippen molar-refractivity contribution >= 4 is 5.91 Å². The zero-order chi connectivity index (χ0) is 17.1. The Morgan fingerprint density at radius 1 is 1.21 bits per heavy atom. The number of hydrogen-bond donors (Lipinski definition) is 2. The molecule has 2 fully saturated rings. The Balaban J connectivity index is 1.49. The van der Waals surface area contributed by atoms with E-state index in [2.05, 4.69) is 9.88 Å². The largest absolute Gasteiger partial charge is 0.391 e. The van der Waals surface area contributed by atoms with Crippen LogP contribution in [-0.2, 0) is 11.3 Å². The Morgan fingerprint density at radius 3 is 2.62 bits per heavy atom. The fourth-order valence-corrected chi connectivity index (χ4v) is 3.66. The number of nitrogens with zero attached hydrogens (tertiary/aromatic N) is 3. The average Bonchev–Trinajstić information content (AvgIpc) is 3.02. The van der Waals surface area contributed by atoms with Gasteiger partial charge in [0.2, 0.25) is 5.91 Å². The molecular weight excluding hydrogens is 312 g/mol. The highest BCUT2D eigenvalue weighted by molar-refractivity contribution is 5.76. The molecule has 1 amide bonds. The van der Waals surface area contributed by atoms with Crippen molar-refractivity contribution in [2.45, 2.75) is 44.4 Å². The van der Waals surface area contributed by atoms with Gasteiger partial charge in [0.1, 0.15) is 0 Å². The van der Waals surface area contributed by atoms with Gasteiger partial charge in [-0.1, -0.05) is 0 Å². The molecule has 1 saturated heterocycles. The number of piperazine rings is 1. The molecule has 1 aliphatic carbocycles. The molecule has 2 heterocycles. The second-order valence-corrected chi connectivity index (χ2v) is 6.52. The number of hydrogen-bond acceptors (Lipinski definition) is 5. The van der Waals surface area contributed by atoms with Crippen molar-refractivity contribution in [1.82, 2.24) is 19.4 Å². The third-order valence-corrected chi connectivity index (χ3v) is 5.07. The first-order chi connectivity index (χ1) is 11.6. The summed E-state index contributed by atoms with van der Waals surface area (Å²) in [5, 5.41) is 9.99. The zero-order valence-electron chi connectivity index (χ0n) is 13.7. The van der Waals surface area contributed by atoms with Crippen molar-refractivity contribution < 1.29 is 9.90 Å². The third-order valence-electron chi connectivity index (χ3n) is 5.07. The molecule has 0 aromatic carbocycles. The highest BCUT2D eigenvalue weighted by atomic mass is 16.3. The van der Waals surface area contributed by atoms with E-state index in [4.69, 9.17) is 0 Å². The van der Waals surface area contributed by atoms with Crippen LogP contribution in [0.2, 0.25) is 0 Å². The van der Waals surface area contributed by atoms with Gasteiger partial charge in [-0.2, -0.15) is 0 Å². The van der Waals surface area contributed by atoms with E-state index in [1.807, 2.05) is 0 Å². The van der Waals surface area contributed by atoms with Crippen LogP contribution in [0.1, 0.15) is 25.7 Å². The number of H-pyrrole nitrogens is 1. The first-order valence-corrected chi connectivity index (χ1v) is 8.54. The summed E-state index contributed by atoms with van der Waals surface area (Å²) < 4.78 is 1.27. The average molecular weight is 336 g/mol. The molecule has 0 spiro atoms. The van der Waals surface area contributed by atoms with Crippen molar-refractivity contribution in [3.63, 3.8) is 0 Å². The number of rotatable bonds is 4. The number of nitrogens with one attached hydrogen (secondary N) is 1. The summed E-state index contributed by atoms with van der Waals surface area (Å²) in [6.45, 7) is 3.05. The van der Waals surface area contributed by atoms with Crippen LogP contribution in [0.5, 0.6) is 0 Å². The Bertz CT molecular complexity index is 690. The van der Waals surface area contributed by atoms with Crippen LogP contribution in [0.15, 0.2) is 22.0 Å². The van der Waals surface area contributed by atoms with E-state index in [1.165, 1.54) is 17.0 Å². The predicted octanol–water partition coefficient (Wildman–Crippen LogP) is -1.02. The van der Waals surface area contributed by atoms with E-state index in [-0.39, 0.29) is 31.0 Å². The van der Waals surface area contributed by atoms with Crippen LogP contribution >= 0.6 is 0 Å². The second-order valence-electron chi connectivity index (χ2n) is 6.52. The molecule has 1 saturated carbocycles. The highest BCUT2D eigenvalue weighted by Gasteiger charge is 2.33. The first-order valence-electron chi connectivity index (χ1n) is 8.54. The summed E-state index contributed by atoms with van der Waals surface area (Å²) in [5.41, 5.74) is -1.31. The lowest BCUT2D eigenvalue weighted by Crippen LogP contribution is -2.53. The zero-order valence-corrected chi connectivity index (χ0v) is 13.7. The van der Waals surface area contributed by atoms with Crippen LogP contribution in [0, 0.1) is 0 Å². The smallest absolute Gasteiger partial charge is 0.316 e. The summed E-state index contributed by atoms with van der Waals surface area (Å²) in [6.07, 6.45) is 5.81. The maximum Gasteiger partial charge on any atom is 0.316 e. The summed E-state index contributed by atoms with van der Waals surface area (Å²) in [6, 6.07) is 0.233. The van der Waals surface area contributed by atoms with Gasteiger partial charge < -0.3 is 19.6 Å². The number of amides is 1. The van der Waals surface area contributed by atoms with E-state index in [9.17, 15) is 19.5 Å². The van der Waals surface area contributed by atoms with Gasteiger partial charge in [-0.25, -0.2) is 0 Å². The number of aryl methyl sites for hydroxylation is 1. The SMILES string of the molecule is O=C(CCn1cc[nH]c(=O)c1=O)N1CCN([C@H]2CCC[C@H]2O)CC1. The fourth-order valence-electron chi connectivity index (χ4n) is 3.66. The molecule has 2 N–H and O–H groups in total. The van der Waals surface area contributed by atoms with Crippen LogP contribution < -0.4 is 11.1 Å². The van der Waals surface area contributed by atoms with Crippen LogP contribution in [0.4, 0.5) is 0 Å². The van der Waals surface area contributed by atoms with Gasteiger partial charge in [0.25, 0.3) is 0 Å². The molecule has 0 bridgehead atoms. The van der Waals surface area contributed by atoms with Crippen LogP contribution in [0.3, 0.4) is 0 Å². The minimum Gasteiger partial charge on any atom is -0.391 e. The molecule has 1 aromatic heterocycles. The number of carbonyl (C=O) groups is 1. The molecular formula is C16H24N4O4. The van der Waals surface area contributed by atoms with E-state index in [0.29, 0.717) is 13.1 Å². The molecule has 1 aromatic rings. The van der Waals surface area contributed by atoms with E-state index >= 15 is 0 Å². The van der Waals surface area contributed by atoms with Crippen LogP contribution in [0.25, 0.3) is 0 Å². The molecule has 3 rings (SSSR count). The first kappa shape index (κ1) is 16.9. The summed E-state index contributed by atoms with van der Waals surface area (Å²) in [4.78, 5) is 41.6. The van der Waals surface area contributed by atoms with Gasteiger partial charge in [0.15, 0.2) is 0 Å².